The summed E-state index contributed by atoms with van der Waals surface area (Å²) in [4.78, 5) is 13.9. The number of hydrogen-bond acceptors (Lipinski definition) is 3. The molecule has 0 atom stereocenters. The molecule has 1 rings (SSSR count). The van der Waals surface area contributed by atoms with Crippen molar-refractivity contribution in [3.8, 4) is 0 Å². The highest BCUT2D eigenvalue weighted by molar-refractivity contribution is 5.95. The molecule has 4 nitrogen and oxygen atoms in total. The van der Waals surface area contributed by atoms with Crippen molar-refractivity contribution >= 4 is 11.6 Å². The number of carbonyl (C=O) groups is 1. The van der Waals surface area contributed by atoms with Gasteiger partial charge in [0.05, 0.1) is 11.3 Å². The molecule has 0 aromatic heterocycles. The van der Waals surface area contributed by atoms with E-state index in [1.165, 1.54) is 0 Å². The van der Waals surface area contributed by atoms with Gasteiger partial charge in [0.1, 0.15) is 11.6 Å². The predicted molar refractivity (Wildman–Crippen MR) is 75.5 cm³/mol. The van der Waals surface area contributed by atoms with Crippen molar-refractivity contribution in [1.29, 1.82) is 0 Å². The first-order chi connectivity index (χ1) is 9.32. The summed E-state index contributed by atoms with van der Waals surface area (Å²) in [6.07, 6.45) is 0.749. The number of nitrogens with two attached hydrogens (primary N) is 1. The summed E-state index contributed by atoms with van der Waals surface area (Å²) in [5, 5.41) is 2.60. The molecule has 0 heterocycles. The fraction of sp³-hybridized carbons (Fsp3) is 0.500. The Bertz CT molecular complexity index is 478. The van der Waals surface area contributed by atoms with E-state index in [1.54, 1.807) is 0 Å². The van der Waals surface area contributed by atoms with Crippen LogP contribution in [-0.4, -0.2) is 37.0 Å². The summed E-state index contributed by atoms with van der Waals surface area (Å²) >= 11 is 0. The first-order valence-corrected chi connectivity index (χ1v) is 6.56. The number of benzene rings is 1. The van der Waals surface area contributed by atoms with Crippen molar-refractivity contribution in [1.82, 2.24) is 10.2 Å². The molecule has 3 N–H and O–H groups in total. The number of hydrogen-bond donors (Lipinski definition) is 2. The van der Waals surface area contributed by atoms with Gasteiger partial charge < -0.3 is 16.0 Å². The van der Waals surface area contributed by atoms with E-state index in [-0.39, 0.29) is 11.3 Å². The van der Waals surface area contributed by atoms with Gasteiger partial charge in [-0.15, -0.1) is 0 Å². The maximum absolute atomic E-state index is 13.5. The zero-order valence-electron chi connectivity index (χ0n) is 12.0. The highest BCUT2D eigenvalue weighted by Crippen LogP contribution is 2.16. The third-order valence-corrected chi connectivity index (χ3v) is 3.19. The average Bonchev–Trinajstić information content (AvgIpc) is 2.38. The van der Waals surface area contributed by atoms with Crippen LogP contribution >= 0.6 is 0 Å². The molecular weight excluding hydrogens is 264 g/mol. The van der Waals surface area contributed by atoms with E-state index in [1.807, 2.05) is 7.05 Å². The lowest BCUT2D eigenvalue weighted by atomic mass is 10.1. The number of nitrogens with zero attached hydrogens (tertiary/aromatic N) is 1. The van der Waals surface area contributed by atoms with Crippen LogP contribution in [-0.2, 0) is 0 Å². The molecule has 1 amide bonds. The Morgan fingerprint density at radius 3 is 2.60 bits per heavy atom. The molecule has 0 aliphatic heterocycles. The minimum Gasteiger partial charge on any atom is -0.396 e. The lowest BCUT2D eigenvalue weighted by Gasteiger charge is -2.20. The monoisotopic (exact) mass is 285 g/mol. The summed E-state index contributed by atoms with van der Waals surface area (Å²) in [6.45, 7) is 5.41. The van der Waals surface area contributed by atoms with Crippen molar-refractivity contribution in [3.05, 3.63) is 29.3 Å². The van der Waals surface area contributed by atoms with Gasteiger partial charge in [0, 0.05) is 18.7 Å². The summed E-state index contributed by atoms with van der Waals surface area (Å²) < 4.78 is 26.5. The van der Waals surface area contributed by atoms with E-state index in [4.69, 9.17) is 5.73 Å². The molecule has 0 fully saturated rings. The van der Waals surface area contributed by atoms with Crippen LogP contribution in [0.4, 0.5) is 14.5 Å². The molecule has 0 unspecified atom stereocenters. The van der Waals surface area contributed by atoms with Gasteiger partial charge >= 0.3 is 0 Å². The topological polar surface area (TPSA) is 58.4 Å². The molecule has 0 spiro atoms. The molecule has 0 radical (unpaired) electrons. The summed E-state index contributed by atoms with van der Waals surface area (Å²) in [5.41, 5.74) is 4.85. The standard InChI is InChI=1S/C14H21F2N3O/c1-9(2)19(3)6-4-5-18-14(20)10-7-13(17)12(16)8-11(10)15/h7-9H,4-6,17H2,1-3H3,(H,18,20). The minimum atomic E-state index is -0.909. The Balaban J connectivity index is 2.50. The number of amides is 1. The van der Waals surface area contributed by atoms with Crippen molar-refractivity contribution in [2.45, 2.75) is 26.3 Å². The number of rotatable bonds is 6. The highest BCUT2D eigenvalue weighted by atomic mass is 19.1. The van der Waals surface area contributed by atoms with Crippen molar-refractivity contribution in [2.24, 2.45) is 0 Å². The molecule has 6 heteroatoms. The van der Waals surface area contributed by atoms with Gasteiger partial charge in [0.15, 0.2) is 0 Å². The smallest absolute Gasteiger partial charge is 0.254 e. The second-order valence-corrected chi connectivity index (χ2v) is 5.04. The molecule has 0 aliphatic rings. The van der Waals surface area contributed by atoms with Crippen molar-refractivity contribution in [3.63, 3.8) is 0 Å². The Hall–Kier alpha value is -1.69. The van der Waals surface area contributed by atoms with E-state index in [0.717, 1.165) is 19.0 Å². The number of nitrogen functional groups attached to an aromatic ring is 1. The molecule has 20 heavy (non-hydrogen) atoms. The highest BCUT2D eigenvalue weighted by Gasteiger charge is 2.14. The van der Waals surface area contributed by atoms with Crippen molar-refractivity contribution in [2.75, 3.05) is 25.9 Å². The minimum absolute atomic E-state index is 0.235. The normalized spacial score (nSPS) is 11.2. The zero-order valence-corrected chi connectivity index (χ0v) is 12.0. The first-order valence-electron chi connectivity index (χ1n) is 6.56. The predicted octanol–water partition coefficient (Wildman–Crippen LogP) is 2.01. The maximum Gasteiger partial charge on any atom is 0.254 e. The Kier molecular flexibility index (Phi) is 5.88. The third-order valence-electron chi connectivity index (χ3n) is 3.19. The van der Waals surface area contributed by atoms with Gasteiger partial charge in [-0.25, -0.2) is 8.78 Å². The molecule has 1 aromatic carbocycles. The van der Waals surface area contributed by atoms with E-state index in [0.29, 0.717) is 18.7 Å². The van der Waals surface area contributed by atoms with Crippen LogP contribution in [0.1, 0.15) is 30.6 Å². The van der Waals surface area contributed by atoms with Crippen LogP contribution in [0.15, 0.2) is 12.1 Å². The summed E-state index contributed by atoms with van der Waals surface area (Å²) in [5.74, 6) is -2.35. The number of anilines is 1. The van der Waals surface area contributed by atoms with Crippen LogP contribution in [0.25, 0.3) is 0 Å². The van der Waals surface area contributed by atoms with Gasteiger partial charge in [-0.05, 0) is 39.9 Å². The fourth-order valence-corrected chi connectivity index (χ4v) is 1.62. The van der Waals surface area contributed by atoms with Gasteiger partial charge in [0.2, 0.25) is 0 Å². The Labute approximate surface area is 117 Å². The second-order valence-electron chi connectivity index (χ2n) is 5.04. The van der Waals surface area contributed by atoms with Crippen molar-refractivity contribution < 1.29 is 13.6 Å². The zero-order chi connectivity index (χ0) is 15.3. The molecule has 0 bridgehead atoms. The average molecular weight is 285 g/mol. The Morgan fingerprint density at radius 1 is 1.35 bits per heavy atom. The lowest BCUT2D eigenvalue weighted by molar-refractivity contribution is 0.0947. The van der Waals surface area contributed by atoms with Gasteiger partial charge in [0.25, 0.3) is 5.91 Å². The van der Waals surface area contributed by atoms with Crippen LogP contribution in [0.3, 0.4) is 0 Å². The first kappa shape index (κ1) is 16.4. The lowest BCUT2D eigenvalue weighted by Crippen LogP contribution is -2.31. The fourth-order valence-electron chi connectivity index (χ4n) is 1.62. The summed E-state index contributed by atoms with van der Waals surface area (Å²) in [6, 6.07) is 2.07. The van der Waals surface area contributed by atoms with E-state index in [2.05, 4.69) is 24.1 Å². The van der Waals surface area contributed by atoms with Gasteiger partial charge in [-0.3, -0.25) is 4.79 Å². The molecule has 0 saturated heterocycles. The maximum atomic E-state index is 13.5. The molecule has 1 aromatic rings. The van der Waals surface area contributed by atoms with Crippen LogP contribution in [0.5, 0.6) is 0 Å². The van der Waals surface area contributed by atoms with E-state index in [9.17, 15) is 13.6 Å². The second kappa shape index (κ2) is 7.19. The molecular formula is C14H21F2N3O. The summed E-state index contributed by atoms with van der Waals surface area (Å²) in [7, 11) is 1.99. The number of halogens is 2. The third kappa shape index (κ3) is 4.45. The van der Waals surface area contributed by atoms with Crippen LogP contribution < -0.4 is 11.1 Å². The molecule has 0 aliphatic carbocycles. The van der Waals surface area contributed by atoms with Crippen LogP contribution in [0.2, 0.25) is 0 Å². The largest absolute Gasteiger partial charge is 0.396 e. The number of carbonyl (C=O) groups excluding carboxylic acids is 1. The SMILES string of the molecule is CC(C)N(C)CCCNC(=O)c1cc(N)c(F)cc1F. The molecule has 0 saturated carbocycles. The van der Waals surface area contributed by atoms with E-state index < -0.39 is 17.5 Å². The Morgan fingerprint density at radius 2 is 2.00 bits per heavy atom. The number of nitrogens with one attached hydrogen (secondary N) is 1. The van der Waals surface area contributed by atoms with Crippen LogP contribution in [0, 0.1) is 11.6 Å². The quantitative estimate of drug-likeness (QED) is 0.621. The van der Waals surface area contributed by atoms with Gasteiger partial charge in [-0.1, -0.05) is 0 Å². The van der Waals surface area contributed by atoms with Gasteiger partial charge in [-0.2, -0.15) is 0 Å². The molecule has 112 valence electrons. The van der Waals surface area contributed by atoms with E-state index >= 15 is 0 Å².